The number of ether oxygens (including phenoxy) is 4. The lowest BCUT2D eigenvalue weighted by Crippen LogP contribution is -2.55. The van der Waals surface area contributed by atoms with Gasteiger partial charge in [-0.1, -0.05) is 19.9 Å². The van der Waals surface area contributed by atoms with Crippen LogP contribution < -0.4 is 29.6 Å². The predicted octanol–water partition coefficient (Wildman–Crippen LogP) is 4.18. The van der Waals surface area contributed by atoms with E-state index in [4.69, 9.17) is 24.7 Å². The van der Waals surface area contributed by atoms with Gasteiger partial charge in [-0.3, -0.25) is 4.79 Å². The maximum Gasteiger partial charge on any atom is 0.247 e. The lowest BCUT2D eigenvalue weighted by Gasteiger charge is -2.33. The molecule has 0 spiro atoms. The first-order valence-corrected chi connectivity index (χ1v) is 13.7. The highest BCUT2D eigenvalue weighted by molar-refractivity contribution is 7.93. The van der Waals surface area contributed by atoms with Gasteiger partial charge in [-0.05, 0) is 43.5 Å². The molecule has 2 aromatic rings. The molecule has 0 unspecified atom stereocenters. The molecule has 0 atom stereocenters. The Morgan fingerprint density at radius 3 is 1.95 bits per heavy atom. The van der Waals surface area contributed by atoms with Crippen molar-refractivity contribution < 1.29 is 32.2 Å². The molecule has 0 saturated carbocycles. The third-order valence-corrected chi connectivity index (χ3v) is 7.63. The summed E-state index contributed by atoms with van der Waals surface area (Å²) in [4.78, 5) is 14.9. The van der Waals surface area contributed by atoms with E-state index in [0.29, 0.717) is 59.2 Å². The molecule has 0 aromatic heterocycles. The van der Waals surface area contributed by atoms with Crippen molar-refractivity contribution in [2.75, 3.05) is 39.9 Å². The van der Waals surface area contributed by atoms with Crippen molar-refractivity contribution >= 4 is 27.5 Å². The van der Waals surface area contributed by atoms with Gasteiger partial charge in [0.25, 0.3) is 0 Å². The summed E-state index contributed by atoms with van der Waals surface area (Å²) >= 11 is 0. The standard InChI is InChI=1S/C27H38N2O7S/c1-8-27(28,9-2)26(30)29(10-3)22-15-19(11-12-23(22)34-5)18-37(31,32)14-13-21-24(35-6)16-20(33-4)17-25(21)36-7/h11-17H,8-10,18,28H2,1-7H3. The molecule has 2 aromatic carbocycles. The van der Waals surface area contributed by atoms with Crippen molar-refractivity contribution in [1.29, 1.82) is 0 Å². The van der Waals surface area contributed by atoms with Gasteiger partial charge in [-0.2, -0.15) is 0 Å². The minimum atomic E-state index is -3.72. The third-order valence-electron chi connectivity index (χ3n) is 6.35. The molecular formula is C27H38N2O7S. The fourth-order valence-electron chi connectivity index (χ4n) is 3.93. The largest absolute Gasteiger partial charge is 0.496 e. The zero-order valence-corrected chi connectivity index (χ0v) is 23.5. The van der Waals surface area contributed by atoms with E-state index in [1.54, 1.807) is 35.2 Å². The van der Waals surface area contributed by atoms with E-state index in [2.05, 4.69) is 0 Å². The fraction of sp³-hybridized carbons (Fsp3) is 0.444. The van der Waals surface area contributed by atoms with Gasteiger partial charge in [-0.15, -0.1) is 0 Å². The summed E-state index contributed by atoms with van der Waals surface area (Å²) in [7, 11) is 2.26. The second kappa shape index (κ2) is 12.8. The van der Waals surface area contributed by atoms with E-state index in [1.165, 1.54) is 34.5 Å². The summed E-state index contributed by atoms with van der Waals surface area (Å²) in [6.45, 7) is 5.93. The van der Waals surface area contributed by atoms with E-state index in [9.17, 15) is 13.2 Å². The Bertz CT molecular complexity index is 1200. The van der Waals surface area contributed by atoms with Gasteiger partial charge >= 0.3 is 0 Å². The molecule has 204 valence electrons. The predicted molar refractivity (Wildman–Crippen MR) is 146 cm³/mol. The summed E-state index contributed by atoms with van der Waals surface area (Å²) in [6.07, 6.45) is 2.38. The van der Waals surface area contributed by atoms with Crippen LogP contribution in [0.5, 0.6) is 23.0 Å². The van der Waals surface area contributed by atoms with Crippen LogP contribution in [-0.2, 0) is 20.4 Å². The fourth-order valence-corrected chi connectivity index (χ4v) is 5.01. The Kier molecular flexibility index (Phi) is 10.4. The number of sulfone groups is 1. The van der Waals surface area contributed by atoms with E-state index in [-0.39, 0.29) is 11.7 Å². The quantitative estimate of drug-likeness (QED) is 0.407. The van der Waals surface area contributed by atoms with Crippen LogP contribution in [0.3, 0.4) is 0 Å². The van der Waals surface area contributed by atoms with Crippen LogP contribution in [0.1, 0.15) is 44.7 Å². The molecule has 0 bridgehead atoms. The number of carbonyl (C=O) groups excluding carboxylic acids is 1. The second-order valence-electron chi connectivity index (χ2n) is 8.47. The van der Waals surface area contributed by atoms with E-state index in [1.807, 2.05) is 20.8 Å². The number of likely N-dealkylation sites (N-methyl/N-ethyl adjacent to an activating group) is 1. The van der Waals surface area contributed by atoms with Crippen molar-refractivity contribution in [2.45, 2.75) is 44.9 Å². The smallest absolute Gasteiger partial charge is 0.247 e. The van der Waals surface area contributed by atoms with E-state index >= 15 is 0 Å². The molecule has 0 aliphatic heterocycles. The van der Waals surface area contributed by atoms with Crippen molar-refractivity contribution in [3.8, 4) is 23.0 Å². The van der Waals surface area contributed by atoms with Crippen molar-refractivity contribution in [3.63, 3.8) is 0 Å². The Hall–Kier alpha value is -3.24. The van der Waals surface area contributed by atoms with Crippen molar-refractivity contribution in [2.24, 2.45) is 5.73 Å². The number of carbonyl (C=O) groups is 1. The van der Waals surface area contributed by atoms with Crippen LogP contribution in [0.15, 0.2) is 35.7 Å². The van der Waals surface area contributed by atoms with E-state index < -0.39 is 15.4 Å². The van der Waals surface area contributed by atoms with Gasteiger partial charge in [0.1, 0.15) is 23.0 Å². The molecule has 0 saturated heterocycles. The molecular weight excluding hydrogens is 496 g/mol. The van der Waals surface area contributed by atoms with Crippen LogP contribution >= 0.6 is 0 Å². The highest BCUT2D eigenvalue weighted by Crippen LogP contribution is 2.36. The summed E-state index contributed by atoms with van der Waals surface area (Å²) in [5, 5.41) is 1.12. The zero-order chi connectivity index (χ0) is 27.8. The van der Waals surface area contributed by atoms with Crippen LogP contribution in [0.2, 0.25) is 0 Å². The number of nitrogens with zero attached hydrogens (tertiary/aromatic N) is 1. The van der Waals surface area contributed by atoms with Crippen LogP contribution in [-0.4, -0.2) is 54.8 Å². The topological polar surface area (TPSA) is 117 Å². The number of amides is 1. The minimum Gasteiger partial charge on any atom is -0.496 e. The summed E-state index contributed by atoms with van der Waals surface area (Å²) < 4.78 is 47.6. The highest BCUT2D eigenvalue weighted by Gasteiger charge is 2.35. The molecule has 37 heavy (non-hydrogen) atoms. The minimum absolute atomic E-state index is 0.239. The molecule has 0 aliphatic carbocycles. The first-order valence-electron chi connectivity index (χ1n) is 12.0. The van der Waals surface area contributed by atoms with Crippen LogP contribution in [0, 0.1) is 0 Å². The van der Waals surface area contributed by atoms with Crippen LogP contribution in [0.25, 0.3) is 6.08 Å². The SMILES string of the molecule is CCN(C(=O)C(N)(CC)CC)c1cc(CS(=O)(=O)C=Cc2c(OC)cc(OC)cc2OC)ccc1OC. The normalized spacial score (nSPS) is 11.9. The average molecular weight is 535 g/mol. The van der Waals surface area contributed by atoms with Gasteiger partial charge < -0.3 is 29.6 Å². The Morgan fingerprint density at radius 2 is 1.49 bits per heavy atom. The monoisotopic (exact) mass is 534 g/mol. The number of hydrogen-bond donors (Lipinski definition) is 1. The maximum atomic E-state index is 13.3. The molecule has 0 fully saturated rings. The van der Waals surface area contributed by atoms with Gasteiger partial charge in [0.2, 0.25) is 5.91 Å². The molecule has 1 amide bonds. The molecule has 0 heterocycles. The number of nitrogens with two attached hydrogens (primary N) is 1. The Balaban J connectivity index is 2.44. The molecule has 0 radical (unpaired) electrons. The lowest BCUT2D eigenvalue weighted by molar-refractivity contribution is -0.124. The van der Waals surface area contributed by atoms with Gasteiger partial charge in [-0.25, -0.2) is 8.42 Å². The molecule has 2 N–H and O–H groups in total. The summed E-state index contributed by atoms with van der Waals surface area (Å²) in [5.41, 5.74) is 6.79. The van der Waals surface area contributed by atoms with Gasteiger partial charge in [0.15, 0.2) is 9.84 Å². The van der Waals surface area contributed by atoms with Gasteiger partial charge in [0.05, 0.1) is 51.0 Å². The first kappa shape index (κ1) is 30.0. The molecule has 9 nitrogen and oxygen atoms in total. The first-order chi connectivity index (χ1) is 17.5. The molecule has 2 rings (SSSR count). The number of benzene rings is 2. The Labute approximate surface area is 220 Å². The second-order valence-corrected chi connectivity index (χ2v) is 10.4. The lowest BCUT2D eigenvalue weighted by atomic mass is 9.92. The number of methoxy groups -OCH3 is 4. The zero-order valence-electron chi connectivity index (χ0n) is 22.7. The number of anilines is 1. The van der Waals surface area contributed by atoms with Crippen LogP contribution in [0.4, 0.5) is 5.69 Å². The maximum absolute atomic E-state index is 13.3. The summed E-state index contributed by atoms with van der Waals surface area (Å²) in [6, 6.07) is 8.27. The van der Waals surface area contributed by atoms with Crippen molar-refractivity contribution in [3.05, 3.63) is 46.9 Å². The average Bonchev–Trinajstić information content (AvgIpc) is 2.91. The molecule has 0 aliphatic rings. The third kappa shape index (κ3) is 6.95. The number of hydrogen-bond acceptors (Lipinski definition) is 8. The van der Waals surface area contributed by atoms with E-state index in [0.717, 1.165) is 5.41 Å². The summed E-state index contributed by atoms with van der Waals surface area (Å²) in [5.74, 6) is 1.25. The Morgan fingerprint density at radius 1 is 0.919 bits per heavy atom. The van der Waals surface area contributed by atoms with Gasteiger partial charge in [0, 0.05) is 24.1 Å². The highest BCUT2D eigenvalue weighted by atomic mass is 32.2. The molecule has 10 heteroatoms. The number of rotatable bonds is 13. The van der Waals surface area contributed by atoms with Crippen molar-refractivity contribution in [1.82, 2.24) is 0 Å².